The number of hydrogen-bond donors (Lipinski definition) is 2. The molecule has 5 heteroatoms. The van der Waals surface area contributed by atoms with Crippen molar-refractivity contribution in [1.29, 1.82) is 0 Å². The minimum absolute atomic E-state index is 0.108. The number of carboxylic acids is 1. The number of nitrogens with two attached hydrogens (primary N) is 1. The van der Waals surface area contributed by atoms with Crippen LogP contribution in [0.4, 0.5) is 0 Å². The molecular formula is C15H22N2O3. The molecule has 0 aliphatic carbocycles. The first kappa shape index (κ1) is 16.2. The molecule has 1 amide bonds. The van der Waals surface area contributed by atoms with Gasteiger partial charge in [-0.15, -0.1) is 0 Å². The molecule has 110 valence electrons. The van der Waals surface area contributed by atoms with Crippen LogP contribution in [0.1, 0.15) is 43.1 Å². The summed E-state index contributed by atoms with van der Waals surface area (Å²) < 4.78 is 0. The van der Waals surface area contributed by atoms with Crippen molar-refractivity contribution in [2.45, 2.75) is 39.3 Å². The largest absolute Gasteiger partial charge is 0.481 e. The van der Waals surface area contributed by atoms with E-state index in [9.17, 15) is 9.59 Å². The van der Waals surface area contributed by atoms with Gasteiger partial charge in [0.05, 0.1) is 6.42 Å². The van der Waals surface area contributed by atoms with Gasteiger partial charge in [0.2, 0.25) is 5.91 Å². The lowest BCUT2D eigenvalue weighted by Gasteiger charge is -2.35. The zero-order valence-electron chi connectivity index (χ0n) is 12.2. The summed E-state index contributed by atoms with van der Waals surface area (Å²) in [5.41, 5.74) is 6.57. The number of nitrogens with zero attached hydrogens (tertiary/aromatic N) is 1. The van der Waals surface area contributed by atoms with Gasteiger partial charge < -0.3 is 10.8 Å². The predicted octanol–water partition coefficient (Wildman–Crippen LogP) is 1.86. The molecular weight excluding hydrogens is 256 g/mol. The second-order valence-electron chi connectivity index (χ2n) is 5.80. The minimum atomic E-state index is -0.802. The molecule has 0 saturated heterocycles. The monoisotopic (exact) mass is 278 g/mol. The number of carboxylic acid groups (broad SMARTS) is 1. The fraction of sp³-hybridized carbons (Fsp3) is 0.467. The van der Waals surface area contributed by atoms with Crippen molar-refractivity contribution in [2.75, 3.05) is 6.54 Å². The van der Waals surface area contributed by atoms with Gasteiger partial charge in [-0.1, -0.05) is 12.1 Å². The number of hydrogen-bond acceptors (Lipinski definition) is 3. The van der Waals surface area contributed by atoms with E-state index in [-0.39, 0.29) is 12.0 Å². The molecule has 5 nitrogen and oxygen atoms in total. The van der Waals surface area contributed by atoms with Crippen molar-refractivity contribution >= 4 is 11.9 Å². The maximum atomic E-state index is 11.0. The second-order valence-corrected chi connectivity index (χ2v) is 5.80. The Hall–Kier alpha value is -1.88. The zero-order chi connectivity index (χ0) is 15.3. The highest BCUT2D eigenvalue weighted by molar-refractivity contribution is 5.92. The number of primary amides is 1. The first-order valence-corrected chi connectivity index (χ1v) is 6.56. The summed E-state index contributed by atoms with van der Waals surface area (Å²) >= 11 is 0. The number of aliphatic carboxylic acids is 1. The quantitative estimate of drug-likeness (QED) is 0.832. The summed E-state index contributed by atoms with van der Waals surface area (Å²) in [6.07, 6.45) is 0.108. The summed E-state index contributed by atoms with van der Waals surface area (Å²) in [4.78, 5) is 23.8. The van der Waals surface area contributed by atoms with Crippen molar-refractivity contribution in [1.82, 2.24) is 4.90 Å². The van der Waals surface area contributed by atoms with Gasteiger partial charge in [0.25, 0.3) is 0 Å². The van der Waals surface area contributed by atoms with E-state index >= 15 is 0 Å². The van der Waals surface area contributed by atoms with Crippen LogP contribution in [0.2, 0.25) is 0 Å². The van der Waals surface area contributed by atoms with Gasteiger partial charge in [-0.25, -0.2) is 0 Å². The molecule has 3 N–H and O–H groups in total. The van der Waals surface area contributed by atoms with Crippen molar-refractivity contribution in [3.63, 3.8) is 0 Å². The van der Waals surface area contributed by atoms with Gasteiger partial charge in [-0.2, -0.15) is 0 Å². The smallest absolute Gasteiger partial charge is 0.304 e. The van der Waals surface area contributed by atoms with Gasteiger partial charge in [0.1, 0.15) is 0 Å². The third-order valence-electron chi connectivity index (χ3n) is 3.16. The summed E-state index contributed by atoms with van der Waals surface area (Å²) in [6, 6.07) is 7.07. The Morgan fingerprint density at radius 1 is 1.20 bits per heavy atom. The first-order chi connectivity index (χ1) is 9.20. The second kappa shape index (κ2) is 6.52. The average molecular weight is 278 g/mol. The molecule has 1 aromatic carbocycles. The average Bonchev–Trinajstić information content (AvgIpc) is 2.33. The van der Waals surface area contributed by atoms with E-state index in [4.69, 9.17) is 10.8 Å². The molecule has 0 radical (unpaired) electrons. The summed E-state index contributed by atoms with van der Waals surface area (Å²) in [6.45, 7) is 7.26. The molecule has 20 heavy (non-hydrogen) atoms. The SMILES string of the molecule is CC(C)(C)N(CCC(=O)O)Cc1ccc(C(N)=O)cc1. The van der Waals surface area contributed by atoms with Gasteiger partial charge in [0, 0.05) is 24.2 Å². The molecule has 0 aliphatic rings. The highest BCUT2D eigenvalue weighted by Crippen LogP contribution is 2.18. The van der Waals surface area contributed by atoms with Crippen molar-refractivity contribution < 1.29 is 14.7 Å². The third-order valence-corrected chi connectivity index (χ3v) is 3.16. The van der Waals surface area contributed by atoms with E-state index in [2.05, 4.69) is 4.90 Å². The van der Waals surface area contributed by atoms with Gasteiger partial charge >= 0.3 is 5.97 Å². The van der Waals surface area contributed by atoms with Gasteiger partial charge in [-0.3, -0.25) is 14.5 Å². The lowest BCUT2D eigenvalue weighted by Crippen LogP contribution is -2.42. The number of rotatable bonds is 6. The van der Waals surface area contributed by atoms with Crippen LogP contribution in [0.3, 0.4) is 0 Å². The number of carbonyl (C=O) groups is 2. The third kappa shape index (κ3) is 5.01. The van der Waals surface area contributed by atoms with Crippen LogP contribution >= 0.6 is 0 Å². The fourth-order valence-corrected chi connectivity index (χ4v) is 1.88. The topological polar surface area (TPSA) is 83.6 Å². The van der Waals surface area contributed by atoms with E-state index in [0.29, 0.717) is 18.7 Å². The van der Waals surface area contributed by atoms with Crippen LogP contribution < -0.4 is 5.73 Å². The lowest BCUT2D eigenvalue weighted by atomic mass is 10.0. The Morgan fingerprint density at radius 3 is 2.15 bits per heavy atom. The van der Waals surface area contributed by atoms with Crippen LogP contribution in [0.15, 0.2) is 24.3 Å². The van der Waals surface area contributed by atoms with E-state index in [1.165, 1.54) is 0 Å². The Balaban J connectivity index is 2.78. The lowest BCUT2D eigenvalue weighted by molar-refractivity contribution is -0.137. The van der Waals surface area contributed by atoms with Gasteiger partial charge in [0.15, 0.2) is 0 Å². The summed E-state index contributed by atoms with van der Waals surface area (Å²) in [7, 11) is 0. The molecule has 0 bridgehead atoms. The molecule has 0 aromatic heterocycles. The van der Waals surface area contributed by atoms with Crippen molar-refractivity contribution in [3.8, 4) is 0 Å². The standard InChI is InChI=1S/C15H22N2O3/c1-15(2,3)17(9-8-13(18)19)10-11-4-6-12(7-5-11)14(16)20/h4-7H,8-10H2,1-3H3,(H2,16,20)(H,18,19). The maximum absolute atomic E-state index is 11.0. The molecule has 1 aromatic rings. The highest BCUT2D eigenvalue weighted by Gasteiger charge is 2.21. The molecule has 0 unspecified atom stereocenters. The Bertz CT molecular complexity index is 475. The molecule has 0 fully saturated rings. The van der Waals surface area contributed by atoms with E-state index in [0.717, 1.165) is 5.56 Å². The van der Waals surface area contributed by atoms with E-state index in [1.807, 2.05) is 32.9 Å². The Kier molecular flexibility index (Phi) is 5.27. The highest BCUT2D eigenvalue weighted by atomic mass is 16.4. The predicted molar refractivity (Wildman–Crippen MR) is 77.4 cm³/mol. The molecule has 0 saturated carbocycles. The van der Waals surface area contributed by atoms with Crippen LogP contribution in [-0.4, -0.2) is 34.0 Å². The molecule has 0 atom stereocenters. The van der Waals surface area contributed by atoms with Crippen LogP contribution in [0.5, 0.6) is 0 Å². The van der Waals surface area contributed by atoms with Crippen molar-refractivity contribution in [3.05, 3.63) is 35.4 Å². The maximum Gasteiger partial charge on any atom is 0.304 e. The first-order valence-electron chi connectivity index (χ1n) is 6.56. The van der Waals surface area contributed by atoms with Crippen LogP contribution in [0, 0.1) is 0 Å². The van der Waals surface area contributed by atoms with E-state index < -0.39 is 11.9 Å². The van der Waals surface area contributed by atoms with E-state index in [1.54, 1.807) is 12.1 Å². The number of benzene rings is 1. The summed E-state index contributed by atoms with van der Waals surface area (Å²) in [5.74, 6) is -1.25. The Morgan fingerprint density at radius 2 is 1.75 bits per heavy atom. The number of carbonyl (C=O) groups excluding carboxylic acids is 1. The molecule has 0 spiro atoms. The summed E-state index contributed by atoms with van der Waals surface area (Å²) in [5, 5.41) is 8.81. The molecule has 1 rings (SSSR count). The van der Waals surface area contributed by atoms with Gasteiger partial charge in [-0.05, 0) is 38.5 Å². The zero-order valence-corrected chi connectivity index (χ0v) is 12.2. The fourth-order valence-electron chi connectivity index (χ4n) is 1.88. The van der Waals surface area contributed by atoms with Crippen LogP contribution in [0.25, 0.3) is 0 Å². The number of amides is 1. The van der Waals surface area contributed by atoms with Crippen molar-refractivity contribution in [2.24, 2.45) is 5.73 Å². The normalized spacial score (nSPS) is 11.6. The van der Waals surface area contributed by atoms with Crippen LogP contribution in [-0.2, 0) is 11.3 Å². The minimum Gasteiger partial charge on any atom is -0.481 e. The Labute approximate surface area is 119 Å². The molecule has 0 aliphatic heterocycles. The molecule has 0 heterocycles.